The number of para-hydroxylation sites is 1. The number of halogens is 3. The molecule has 0 radical (unpaired) electrons. The molecular formula is C29H25ClF2N4O2S. The number of anilines is 1. The smallest absolute Gasteiger partial charge is 0.240 e. The second-order valence-electron chi connectivity index (χ2n) is 9.00. The Kier molecular flexibility index (Phi) is 7.99. The lowest BCUT2D eigenvalue weighted by Crippen LogP contribution is -2.42. The average Bonchev–Trinajstić information content (AvgIpc) is 3.25. The van der Waals surface area contributed by atoms with Gasteiger partial charge in [0.25, 0.3) is 0 Å². The first kappa shape index (κ1) is 26.9. The summed E-state index contributed by atoms with van der Waals surface area (Å²) in [4.78, 5) is 27.9. The van der Waals surface area contributed by atoms with E-state index in [1.165, 1.54) is 28.8 Å². The van der Waals surface area contributed by atoms with Crippen LogP contribution in [0.4, 0.5) is 14.6 Å². The Balaban J connectivity index is 1.82. The summed E-state index contributed by atoms with van der Waals surface area (Å²) in [5, 5.41) is 7.39. The number of amides is 2. The van der Waals surface area contributed by atoms with Crippen molar-refractivity contribution in [1.29, 1.82) is 0 Å². The summed E-state index contributed by atoms with van der Waals surface area (Å²) >= 11 is 7.81. The molecule has 0 saturated carbocycles. The molecule has 4 aromatic rings. The molecule has 10 heteroatoms. The molecule has 1 atom stereocenters. The van der Waals surface area contributed by atoms with Gasteiger partial charge in [-0.05, 0) is 24.6 Å². The van der Waals surface area contributed by atoms with Gasteiger partial charge in [0.15, 0.2) is 0 Å². The highest BCUT2D eigenvalue weighted by atomic mass is 35.5. The van der Waals surface area contributed by atoms with Crippen molar-refractivity contribution in [2.75, 3.05) is 23.7 Å². The van der Waals surface area contributed by atoms with Crippen LogP contribution in [-0.4, -0.2) is 40.4 Å². The van der Waals surface area contributed by atoms with Crippen LogP contribution in [0.3, 0.4) is 0 Å². The minimum atomic E-state index is -0.732. The molecule has 200 valence electrons. The minimum absolute atomic E-state index is 0.0338. The second-order valence-corrected chi connectivity index (χ2v) is 10.5. The molecule has 1 unspecified atom stereocenters. The molecule has 2 amide bonds. The third-order valence-corrected chi connectivity index (χ3v) is 7.89. The van der Waals surface area contributed by atoms with Gasteiger partial charge in [0.05, 0.1) is 27.4 Å². The highest BCUT2D eigenvalue weighted by Gasteiger charge is 2.38. The van der Waals surface area contributed by atoms with E-state index in [1.807, 2.05) is 37.3 Å². The number of hydrogen-bond acceptors (Lipinski definition) is 4. The van der Waals surface area contributed by atoms with Gasteiger partial charge in [-0.3, -0.25) is 14.5 Å². The van der Waals surface area contributed by atoms with Crippen LogP contribution in [0.15, 0.2) is 72.8 Å². The van der Waals surface area contributed by atoms with Gasteiger partial charge in [-0.2, -0.15) is 5.10 Å². The van der Waals surface area contributed by atoms with Crippen LogP contribution in [0.5, 0.6) is 0 Å². The van der Waals surface area contributed by atoms with E-state index in [9.17, 15) is 14.0 Å². The summed E-state index contributed by atoms with van der Waals surface area (Å²) in [6.45, 7) is 2.15. The van der Waals surface area contributed by atoms with Gasteiger partial charge in [0.2, 0.25) is 11.8 Å². The van der Waals surface area contributed by atoms with E-state index < -0.39 is 16.9 Å². The minimum Gasteiger partial charge on any atom is -0.355 e. The number of hydrogen-bond donors (Lipinski definition) is 1. The van der Waals surface area contributed by atoms with E-state index in [0.717, 1.165) is 18.1 Å². The highest BCUT2D eigenvalue weighted by Crippen LogP contribution is 2.49. The van der Waals surface area contributed by atoms with Crippen molar-refractivity contribution in [1.82, 2.24) is 15.1 Å². The standard InChI is InChI=1S/C29H25ClF2N4O2S/c1-2-14-33-24(37)16-35-25(38)17-39-28(20-13-12-19(31)15-22(20)32)26-27(18-8-4-3-5-9-18)34-36(29(26)35)23-11-7-6-10-21(23)30/h3-13,15,28H,2,14,16-17H2,1H3,(H,33,37). The fraction of sp³-hybridized carbons (Fsp3) is 0.207. The number of aromatic nitrogens is 2. The number of rotatable bonds is 7. The molecule has 1 N–H and O–H groups in total. The normalized spacial score (nSPS) is 15.1. The third kappa shape index (κ3) is 5.42. The molecule has 0 aliphatic carbocycles. The fourth-order valence-corrected chi connectivity index (χ4v) is 5.98. The van der Waals surface area contributed by atoms with Crippen molar-refractivity contribution in [2.24, 2.45) is 0 Å². The van der Waals surface area contributed by atoms with E-state index in [1.54, 1.807) is 28.9 Å². The van der Waals surface area contributed by atoms with Crippen LogP contribution in [0.2, 0.25) is 5.02 Å². The SMILES string of the molecule is CCCNC(=O)CN1C(=O)CSC(c2ccc(F)cc2F)c2c(-c3ccccc3)nn(-c3ccccc3Cl)c21. The van der Waals surface area contributed by atoms with Crippen LogP contribution < -0.4 is 10.2 Å². The first-order valence-corrected chi connectivity index (χ1v) is 13.9. The maximum atomic E-state index is 15.3. The first-order chi connectivity index (χ1) is 18.9. The zero-order valence-corrected chi connectivity index (χ0v) is 22.6. The van der Waals surface area contributed by atoms with Gasteiger partial charge >= 0.3 is 0 Å². The van der Waals surface area contributed by atoms with E-state index in [2.05, 4.69) is 5.32 Å². The third-order valence-electron chi connectivity index (χ3n) is 6.34. The Labute approximate surface area is 234 Å². The maximum absolute atomic E-state index is 15.3. The molecular weight excluding hydrogens is 542 g/mol. The fourth-order valence-electron chi connectivity index (χ4n) is 4.54. The molecule has 6 nitrogen and oxygen atoms in total. The van der Waals surface area contributed by atoms with Gasteiger partial charge < -0.3 is 5.32 Å². The summed E-state index contributed by atoms with van der Waals surface area (Å²) in [5.74, 6) is -1.82. The lowest BCUT2D eigenvalue weighted by Gasteiger charge is -2.23. The molecule has 0 spiro atoms. The Morgan fingerprint density at radius 2 is 1.85 bits per heavy atom. The molecule has 5 rings (SSSR count). The van der Waals surface area contributed by atoms with Crippen molar-refractivity contribution in [2.45, 2.75) is 18.6 Å². The van der Waals surface area contributed by atoms with Crippen LogP contribution in [0.1, 0.15) is 29.7 Å². The zero-order valence-electron chi connectivity index (χ0n) is 21.0. The zero-order chi connectivity index (χ0) is 27.5. The van der Waals surface area contributed by atoms with Crippen molar-refractivity contribution >= 4 is 41.0 Å². The highest BCUT2D eigenvalue weighted by molar-refractivity contribution is 8.00. The molecule has 1 aromatic heterocycles. The number of fused-ring (bicyclic) bond motifs is 1. The van der Waals surface area contributed by atoms with Gasteiger partial charge in [-0.25, -0.2) is 13.5 Å². The number of carbonyl (C=O) groups is 2. The molecule has 3 aromatic carbocycles. The molecule has 1 aliphatic rings. The van der Waals surface area contributed by atoms with Gasteiger partial charge in [0.1, 0.15) is 24.0 Å². The maximum Gasteiger partial charge on any atom is 0.240 e. The first-order valence-electron chi connectivity index (χ1n) is 12.5. The van der Waals surface area contributed by atoms with E-state index >= 15 is 4.39 Å². The summed E-state index contributed by atoms with van der Waals surface area (Å²) in [7, 11) is 0. The number of nitrogens with one attached hydrogen (secondary N) is 1. The van der Waals surface area contributed by atoms with Gasteiger partial charge in [-0.15, -0.1) is 11.8 Å². The quantitative estimate of drug-likeness (QED) is 0.291. The summed E-state index contributed by atoms with van der Waals surface area (Å²) in [6.07, 6.45) is 0.739. The molecule has 39 heavy (non-hydrogen) atoms. The molecule has 0 fully saturated rings. The largest absolute Gasteiger partial charge is 0.355 e. The predicted molar refractivity (Wildman–Crippen MR) is 150 cm³/mol. The molecule has 1 aliphatic heterocycles. The van der Waals surface area contributed by atoms with Gasteiger partial charge in [-0.1, -0.05) is 67.1 Å². The monoisotopic (exact) mass is 566 g/mol. The lowest BCUT2D eigenvalue weighted by atomic mass is 9.99. The average molecular weight is 567 g/mol. The van der Waals surface area contributed by atoms with Crippen LogP contribution >= 0.6 is 23.4 Å². The van der Waals surface area contributed by atoms with Gasteiger partial charge in [0, 0.05) is 29.3 Å². The second kappa shape index (κ2) is 11.6. The Morgan fingerprint density at radius 1 is 1.10 bits per heavy atom. The Bertz CT molecular complexity index is 1530. The molecule has 0 bridgehead atoms. The molecule has 2 heterocycles. The summed E-state index contributed by atoms with van der Waals surface area (Å²) in [5.41, 5.74) is 2.47. The summed E-state index contributed by atoms with van der Waals surface area (Å²) in [6, 6.07) is 19.8. The van der Waals surface area contributed by atoms with E-state index in [-0.39, 0.29) is 29.7 Å². The van der Waals surface area contributed by atoms with Crippen molar-refractivity contribution in [3.63, 3.8) is 0 Å². The number of nitrogens with zero attached hydrogens (tertiary/aromatic N) is 3. The summed E-state index contributed by atoms with van der Waals surface area (Å²) < 4.78 is 30.7. The van der Waals surface area contributed by atoms with Crippen LogP contribution in [-0.2, 0) is 9.59 Å². The van der Waals surface area contributed by atoms with Crippen molar-refractivity contribution in [3.8, 4) is 16.9 Å². The lowest BCUT2D eigenvalue weighted by molar-refractivity contribution is -0.122. The predicted octanol–water partition coefficient (Wildman–Crippen LogP) is 6.17. The number of thioether (sulfide) groups is 1. The van der Waals surface area contributed by atoms with E-state index in [0.29, 0.717) is 34.3 Å². The van der Waals surface area contributed by atoms with Crippen LogP contribution in [0, 0.1) is 11.6 Å². The van der Waals surface area contributed by atoms with Crippen LogP contribution in [0.25, 0.3) is 16.9 Å². The number of benzene rings is 3. The molecule has 0 saturated heterocycles. The van der Waals surface area contributed by atoms with E-state index in [4.69, 9.17) is 16.7 Å². The number of carbonyl (C=O) groups excluding carboxylic acids is 2. The topological polar surface area (TPSA) is 67.2 Å². The van der Waals surface area contributed by atoms with Crippen molar-refractivity contribution < 1.29 is 18.4 Å². The Morgan fingerprint density at radius 3 is 2.56 bits per heavy atom. The van der Waals surface area contributed by atoms with Crippen molar-refractivity contribution in [3.05, 3.63) is 101 Å². The Hall–Kier alpha value is -3.69.